The van der Waals surface area contributed by atoms with Crippen molar-refractivity contribution in [2.75, 3.05) is 13.1 Å². The molecule has 3 heteroatoms. The minimum Gasteiger partial charge on any atom is -0.339 e. The van der Waals surface area contributed by atoms with Gasteiger partial charge in [-0.15, -0.1) is 0 Å². The van der Waals surface area contributed by atoms with Crippen molar-refractivity contribution in [2.24, 2.45) is 0 Å². The molecule has 1 aromatic carbocycles. The van der Waals surface area contributed by atoms with Crippen LogP contribution in [0.5, 0.6) is 0 Å². The zero-order valence-corrected chi connectivity index (χ0v) is 12.1. The summed E-state index contributed by atoms with van der Waals surface area (Å²) in [6.45, 7) is 7.53. The van der Waals surface area contributed by atoms with Crippen LogP contribution in [0, 0.1) is 6.92 Å². The highest BCUT2D eigenvalue weighted by Gasteiger charge is 2.31. The number of carbonyl (C=O) groups is 1. The molecular weight excluding hydrogens is 236 g/mol. The molecule has 19 heavy (non-hydrogen) atoms. The fourth-order valence-electron chi connectivity index (χ4n) is 2.55. The van der Waals surface area contributed by atoms with Crippen LogP contribution in [-0.2, 0) is 4.79 Å². The number of likely N-dealkylation sites (N-methyl/N-ethyl adjacent to an activating group) is 1. The van der Waals surface area contributed by atoms with Gasteiger partial charge in [-0.3, -0.25) is 4.79 Å². The molecule has 1 aliphatic rings. The van der Waals surface area contributed by atoms with E-state index in [9.17, 15) is 4.79 Å². The van der Waals surface area contributed by atoms with Crippen molar-refractivity contribution in [3.8, 4) is 0 Å². The van der Waals surface area contributed by atoms with Crippen LogP contribution in [0.3, 0.4) is 0 Å². The van der Waals surface area contributed by atoms with E-state index < -0.39 is 0 Å². The topological polar surface area (TPSA) is 32.3 Å². The Morgan fingerprint density at radius 1 is 1.42 bits per heavy atom. The molecule has 0 aliphatic heterocycles. The first-order chi connectivity index (χ1) is 9.13. The lowest BCUT2D eigenvalue weighted by Gasteiger charge is -2.22. The second-order valence-electron chi connectivity index (χ2n) is 5.37. The minimum atomic E-state index is 0.211. The quantitative estimate of drug-likeness (QED) is 0.853. The summed E-state index contributed by atoms with van der Waals surface area (Å²) in [6.07, 6.45) is 2.35. The maximum Gasteiger partial charge on any atom is 0.236 e. The Balaban J connectivity index is 1.88. The van der Waals surface area contributed by atoms with Crippen molar-refractivity contribution in [3.63, 3.8) is 0 Å². The van der Waals surface area contributed by atoms with Crippen molar-refractivity contribution >= 4 is 5.91 Å². The molecule has 0 radical (unpaired) electrons. The summed E-state index contributed by atoms with van der Waals surface area (Å²) >= 11 is 0. The third kappa shape index (κ3) is 3.57. The number of nitrogens with one attached hydrogen (secondary N) is 1. The monoisotopic (exact) mass is 260 g/mol. The van der Waals surface area contributed by atoms with Gasteiger partial charge in [0.25, 0.3) is 0 Å². The van der Waals surface area contributed by atoms with Crippen molar-refractivity contribution in [3.05, 3.63) is 35.4 Å². The summed E-state index contributed by atoms with van der Waals surface area (Å²) in [6, 6.07) is 9.04. The fraction of sp³-hybridized carbons (Fsp3) is 0.562. The van der Waals surface area contributed by atoms with Crippen molar-refractivity contribution in [1.82, 2.24) is 10.2 Å². The molecule has 3 nitrogen and oxygen atoms in total. The predicted molar refractivity (Wildman–Crippen MR) is 78.0 cm³/mol. The van der Waals surface area contributed by atoms with Gasteiger partial charge in [-0.05, 0) is 44.7 Å². The van der Waals surface area contributed by atoms with E-state index in [4.69, 9.17) is 0 Å². The first-order valence-corrected chi connectivity index (χ1v) is 7.21. The van der Waals surface area contributed by atoms with Gasteiger partial charge >= 0.3 is 0 Å². The molecule has 0 aromatic heterocycles. The van der Waals surface area contributed by atoms with E-state index >= 15 is 0 Å². The summed E-state index contributed by atoms with van der Waals surface area (Å²) in [7, 11) is 0. The van der Waals surface area contributed by atoms with Crippen LogP contribution in [0.25, 0.3) is 0 Å². The molecule has 0 bridgehead atoms. The highest BCUT2D eigenvalue weighted by Crippen LogP contribution is 2.26. The first-order valence-electron chi connectivity index (χ1n) is 7.21. The van der Waals surface area contributed by atoms with E-state index in [0.29, 0.717) is 12.6 Å². The van der Waals surface area contributed by atoms with Crippen LogP contribution in [0.1, 0.15) is 43.9 Å². The Kier molecular flexibility index (Phi) is 4.59. The SMILES string of the molecule is CCN(C(=O)CN[C@@H](C)c1ccccc1C)C1CC1. The number of aryl methyl sites for hydroxylation is 1. The second-order valence-corrected chi connectivity index (χ2v) is 5.37. The molecule has 0 heterocycles. The van der Waals surface area contributed by atoms with E-state index in [2.05, 4.69) is 38.2 Å². The Labute approximate surface area is 116 Å². The molecular formula is C16H24N2O. The average Bonchev–Trinajstić information content (AvgIpc) is 3.22. The number of rotatable bonds is 6. The van der Waals surface area contributed by atoms with Gasteiger partial charge in [0.1, 0.15) is 0 Å². The van der Waals surface area contributed by atoms with Crippen molar-refractivity contribution in [1.29, 1.82) is 0 Å². The minimum absolute atomic E-state index is 0.211. The Bertz CT molecular complexity index is 440. The number of hydrogen-bond donors (Lipinski definition) is 1. The molecule has 0 spiro atoms. The summed E-state index contributed by atoms with van der Waals surface area (Å²) in [5.41, 5.74) is 2.54. The normalized spacial score (nSPS) is 16.2. The fourth-order valence-corrected chi connectivity index (χ4v) is 2.55. The van der Waals surface area contributed by atoms with Gasteiger partial charge in [-0.2, -0.15) is 0 Å². The van der Waals surface area contributed by atoms with E-state index in [1.165, 1.54) is 24.0 Å². The van der Waals surface area contributed by atoms with Crippen LogP contribution in [0.2, 0.25) is 0 Å². The summed E-state index contributed by atoms with van der Waals surface area (Å²) < 4.78 is 0. The summed E-state index contributed by atoms with van der Waals surface area (Å²) in [4.78, 5) is 14.1. The number of hydrogen-bond acceptors (Lipinski definition) is 2. The van der Waals surface area contributed by atoms with E-state index in [1.54, 1.807) is 0 Å². The Hall–Kier alpha value is -1.35. The molecule has 0 unspecified atom stereocenters. The lowest BCUT2D eigenvalue weighted by molar-refractivity contribution is -0.130. The van der Waals surface area contributed by atoms with Gasteiger partial charge in [0.2, 0.25) is 5.91 Å². The molecule has 104 valence electrons. The molecule has 1 atom stereocenters. The third-order valence-corrected chi connectivity index (χ3v) is 3.86. The predicted octanol–water partition coefficient (Wildman–Crippen LogP) is 2.66. The Morgan fingerprint density at radius 3 is 2.68 bits per heavy atom. The van der Waals surface area contributed by atoms with Gasteiger partial charge in [0.15, 0.2) is 0 Å². The standard InChI is InChI=1S/C16H24N2O/c1-4-18(14-9-10-14)16(19)11-17-13(3)15-8-6-5-7-12(15)2/h5-8,13-14,17H,4,9-11H2,1-3H3/t13-/m0/s1. The highest BCUT2D eigenvalue weighted by molar-refractivity contribution is 5.79. The smallest absolute Gasteiger partial charge is 0.236 e. The molecule has 2 rings (SSSR count). The van der Waals surface area contributed by atoms with E-state index in [-0.39, 0.29) is 11.9 Å². The first kappa shape index (κ1) is 14.1. The van der Waals surface area contributed by atoms with Gasteiger partial charge in [0, 0.05) is 18.6 Å². The maximum absolute atomic E-state index is 12.1. The zero-order chi connectivity index (χ0) is 13.8. The van der Waals surface area contributed by atoms with E-state index in [1.807, 2.05) is 17.0 Å². The lowest BCUT2D eigenvalue weighted by Crippen LogP contribution is -2.40. The van der Waals surface area contributed by atoms with Crippen LogP contribution in [0.4, 0.5) is 0 Å². The number of amides is 1. The molecule has 1 aromatic rings. The number of nitrogens with zero attached hydrogens (tertiary/aromatic N) is 1. The van der Waals surface area contributed by atoms with Crippen LogP contribution < -0.4 is 5.32 Å². The molecule has 1 N–H and O–H groups in total. The van der Waals surface area contributed by atoms with Crippen molar-refractivity contribution < 1.29 is 4.79 Å². The number of carbonyl (C=O) groups excluding carboxylic acids is 1. The van der Waals surface area contributed by atoms with Crippen LogP contribution in [0.15, 0.2) is 24.3 Å². The summed E-state index contributed by atoms with van der Waals surface area (Å²) in [5, 5.41) is 3.35. The third-order valence-electron chi connectivity index (χ3n) is 3.86. The molecule has 1 saturated carbocycles. The zero-order valence-electron chi connectivity index (χ0n) is 12.1. The van der Waals surface area contributed by atoms with Crippen LogP contribution >= 0.6 is 0 Å². The molecule has 0 saturated heterocycles. The summed E-state index contributed by atoms with van der Waals surface area (Å²) in [5.74, 6) is 0.227. The van der Waals surface area contributed by atoms with Gasteiger partial charge in [-0.25, -0.2) is 0 Å². The Morgan fingerprint density at radius 2 is 2.11 bits per heavy atom. The van der Waals surface area contributed by atoms with Gasteiger partial charge < -0.3 is 10.2 Å². The van der Waals surface area contributed by atoms with Crippen LogP contribution in [-0.4, -0.2) is 29.9 Å². The maximum atomic E-state index is 12.1. The molecule has 1 aliphatic carbocycles. The molecule has 1 fully saturated rings. The molecule has 1 amide bonds. The van der Waals surface area contributed by atoms with Gasteiger partial charge in [-0.1, -0.05) is 24.3 Å². The van der Waals surface area contributed by atoms with Gasteiger partial charge in [0.05, 0.1) is 6.54 Å². The lowest BCUT2D eigenvalue weighted by atomic mass is 10.0. The second kappa shape index (κ2) is 6.20. The van der Waals surface area contributed by atoms with Crippen molar-refractivity contribution in [2.45, 2.75) is 45.7 Å². The largest absolute Gasteiger partial charge is 0.339 e. The number of benzene rings is 1. The van der Waals surface area contributed by atoms with E-state index in [0.717, 1.165) is 6.54 Å². The average molecular weight is 260 g/mol. The highest BCUT2D eigenvalue weighted by atomic mass is 16.2.